The van der Waals surface area contributed by atoms with Crippen LogP contribution < -0.4 is 0 Å². The Bertz CT molecular complexity index is 418. The fourth-order valence-corrected chi connectivity index (χ4v) is 2.77. The topological polar surface area (TPSA) is 100 Å². The molecule has 10 heteroatoms. The predicted molar refractivity (Wildman–Crippen MR) is 120 cm³/mol. The van der Waals surface area contributed by atoms with Gasteiger partial charge in [0.05, 0.1) is 85.9 Å². The Morgan fingerprint density at radius 1 is 0.667 bits per heavy atom. The summed E-state index contributed by atoms with van der Waals surface area (Å²) in [4.78, 5) is 11.1. The predicted octanol–water partition coefficient (Wildman–Crippen LogP) is 1.97. The molecule has 0 aromatic heterocycles. The molecule has 1 fully saturated rings. The van der Waals surface area contributed by atoms with Gasteiger partial charge >= 0.3 is 5.97 Å². The van der Waals surface area contributed by atoms with Gasteiger partial charge in [-0.25, -0.2) is 0 Å². The Morgan fingerprint density at radius 2 is 1.12 bits per heavy atom. The number of rotatable bonds is 24. The maximum absolute atomic E-state index is 11.1. The van der Waals surface area contributed by atoms with E-state index >= 15 is 0 Å². The van der Waals surface area contributed by atoms with Crippen molar-refractivity contribution in [1.82, 2.24) is 0 Å². The largest absolute Gasteiger partial charge is 0.463 e. The number of carbonyl (C=O) groups is 1. The van der Waals surface area contributed by atoms with Gasteiger partial charge in [0, 0.05) is 13.0 Å². The van der Waals surface area contributed by atoms with Gasteiger partial charge in [0.1, 0.15) is 6.61 Å². The van der Waals surface area contributed by atoms with Gasteiger partial charge in [-0.05, 0) is 25.7 Å². The lowest BCUT2D eigenvalue weighted by atomic mass is 10.2. The van der Waals surface area contributed by atoms with Crippen LogP contribution in [0.1, 0.15) is 39.0 Å². The number of hydrogen-bond donors (Lipinski definition) is 0. The van der Waals surface area contributed by atoms with Crippen molar-refractivity contribution in [3.05, 3.63) is 0 Å². The summed E-state index contributed by atoms with van der Waals surface area (Å²) in [6, 6.07) is 0. The molecule has 0 bridgehead atoms. The summed E-state index contributed by atoms with van der Waals surface area (Å²) in [5.74, 6) is -0.182. The highest BCUT2D eigenvalue weighted by Crippen LogP contribution is 2.13. The molecule has 1 rings (SSSR count). The minimum absolute atomic E-state index is 0.0626. The van der Waals surface area contributed by atoms with E-state index in [2.05, 4.69) is 0 Å². The van der Waals surface area contributed by atoms with E-state index in [1.165, 1.54) is 6.42 Å². The maximum atomic E-state index is 11.1. The minimum atomic E-state index is -0.182. The lowest BCUT2D eigenvalue weighted by Crippen LogP contribution is -2.24. The van der Waals surface area contributed by atoms with Gasteiger partial charge in [-0.2, -0.15) is 0 Å². The second-order valence-corrected chi connectivity index (χ2v) is 7.31. The molecule has 0 amide bonds. The van der Waals surface area contributed by atoms with E-state index in [9.17, 15) is 4.79 Å². The van der Waals surface area contributed by atoms with E-state index < -0.39 is 0 Å². The van der Waals surface area contributed by atoms with Crippen LogP contribution in [0.2, 0.25) is 0 Å². The molecule has 0 saturated carbocycles. The average molecular weight is 481 g/mol. The zero-order chi connectivity index (χ0) is 23.7. The molecule has 1 aliphatic rings. The number of ether oxygens (including phenoxy) is 9. The Labute approximate surface area is 198 Å². The molecule has 1 saturated heterocycles. The molecule has 0 aliphatic carbocycles. The molecule has 1 unspecified atom stereocenters. The smallest absolute Gasteiger partial charge is 0.305 e. The lowest BCUT2D eigenvalue weighted by molar-refractivity contribution is -0.169. The van der Waals surface area contributed by atoms with Crippen LogP contribution in [0.25, 0.3) is 0 Å². The number of hydrogen-bond acceptors (Lipinski definition) is 10. The zero-order valence-corrected chi connectivity index (χ0v) is 20.3. The van der Waals surface area contributed by atoms with Gasteiger partial charge in [-0.15, -0.1) is 0 Å². The summed E-state index contributed by atoms with van der Waals surface area (Å²) in [6.07, 6.45) is 4.44. The highest BCUT2D eigenvalue weighted by atomic mass is 16.7. The molecular weight excluding hydrogens is 436 g/mol. The van der Waals surface area contributed by atoms with Crippen LogP contribution in [0, 0.1) is 0 Å². The lowest BCUT2D eigenvalue weighted by Gasteiger charge is -2.22. The van der Waals surface area contributed by atoms with E-state index in [4.69, 9.17) is 42.6 Å². The first kappa shape index (κ1) is 30.2. The molecule has 0 N–H and O–H groups in total. The quantitative estimate of drug-likeness (QED) is 0.151. The van der Waals surface area contributed by atoms with E-state index in [1.807, 2.05) is 6.92 Å². The Balaban J connectivity index is 1.64. The summed E-state index contributed by atoms with van der Waals surface area (Å²) >= 11 is 0. The van der Waals surface area contributed by atoms with E-state index in [0.717, 1.165) is 25.9 Å². The molecule has 10 nitrogen and oxygen atoms in total. The van der Waals surface area contributed by atoms with Crippen molar-refractivity contribution >= 4 is 5.97 Å². The average Bonchev–Trinajstić information content (AvgIpc) is 2.83. The van der Waals surface area contributed by atoms with Crippen LogP contribution >= 0.6 is 0 Å². The molecule has 33 heavy (non-hydrogen) atoms. The first-order valence-corrected chi connectivity index (χ1v) is 12.2. The summed E-state index contributed by atoms with van der Waals surface area (Å²) < 4.78 is 48.5. The van der Waals surface area contributed by atoms with Crippen LogP contribution in [0.4, 0.5) is 0 Å². The van der Waals surface area contributed by atoms with Crippen molar-refractivity contribution in [1.29, 1.82) is 0 Å². The first-order chi connectivity index (χ1) is 16.3. The highest BCUT2D eigenvalue weighted by molar-refractivity contribution is 5.69. The fraction of sp³-hybridized carbons (Fsp3) is 0.957. The van der Waals surface area contributed by atoms with Crippen LogP contribution in [0.5, 0.6) is 0 Å². The van der Waals surface area contributed by atoms with E-state index in [0.29, 0.717) is 92.3 Å². The fourth-order valence-electron chi connectivity index (χ4n) is 2.77. The van der Waals surface area contributed by atoms with E-state index in [1.54, 1.807) is 0 Å². The third kappa shape index (κ3) is 21.4. The van der Waals surface area contributed by atoms with Crippen LogP contribution in [0.3, 0.4) is 0 Å². The van der Waals surface area contributed by atoms with Crippen LogP contribution in [0.15, 0.2) is 0 Å². The molecular formula is C23H44O10. The summed E-state index contributed by atoms with van der Waals surface area (Å²) in [6.45, 7) is 9.57. The zero-order valence-electron chi connectivity index (χ0n) is 20.3. The first-order valence-electron chi connectivity index (χ1n) is 12.2. The second-order valence-electron chi connectivity index (χ2n) is 7.31. The second kappa shape index (κ2) is 24.3. The highest BCUT2D eigenvalue weighted by Gasteiger charge is 2.13. The van der Waals surface area contributed by atoms with E-state index in [-0.39, 0.29) is 18.9 Å². The number of carbonyl (C=O) groups excluding carboxylic acids is 1. The third-order valence-electron chi connectivity index (χ3n) is 4.47. The van der Waals surface area contributed by atoms with Gasteiger partial charge in [0.25, 0.3) is 0 Å². The molecule has 0 aromatic rings. The van der Waals surface area contributed by atoms with Crippen molar-refractivity contribution in [3.63, 3.8) is 0 Å². The molecule has 0 radical (unpaired) electrons. The molecule has 0 spiro atoms. The van der Waals surface area contributed by atoms with Gasteiger partial charge in [0.2, 0.25) is 0 Å². The van der Waals surface area contributed by atoms with Gasteiger partial charge < -0.3 is 42.6 Å². The Hall–Kier alpha value is -0.850. The molecule has 196 valence electrons. The Morgan fingerprint density at radius 3 is 1.55 bits per heavy atom. The van der Waals surface area contributed by atoms with Gasteiger partial charge in [-0.1, -0.05) is 6.92 Å². The molecule has 1 heterocycles. The SMILES string of the molecule is CCCC(=O)OCCOCCOCCOCCOCCOCCOCCOC1CCCCO1. The van der Waals surface area contributed by atoms with Crippen molar-refractivity contribution in [2.75, 3.05) is 99.1 Å². The molecule has 1 aliphatic heterocycles. The molecule has 1 atom stereocenters. The monoisotopic (exact) mass is 480 g/mol. The Kier molecular flexibility index (Phi) is 22.2. The third-order valence-corrected chi connectivity index (χ3v) is 4.47. The summed E-state index contributed by atoms with van der Waals surface area (Å²) in [7, 11) is 0. The van der Waals surface area contributed by atoms with Gasteiger partial charge in [0.15, 0.2) is 6.29 Å². The maximum Gasteiger partial charge on any atom is 0.305 e. The molecule has 0 aromatic carbocycles. The normalized spacial score (nSPS) is 16.2. The van der Waals surface area contributed by atoms with Gasteiger partial charge in [-0.3, -0.25) is 4.79 Å². The van der Waals surface area contributed by atoms with Crippen LogP contribution in [-0.2, 0) is 47.4 Å². The van der Waals surface area contributed by atoms with Crippen molar-refractivity contribution in [2.24, 2.45) is 0 Å². The van der Waals surface area contributed by atoms with Crippen molar-refractivity contribution in [2.45, 2.75) is 45.3 Å². The number of esters is 1. The standard InChI is InChI=1S/C23H44O10/c1-2-5-22(24)31-20-18-29-16-14-27-12-10-25-8-9-26-11-13-28-15-17-30-19-21-33-23-6-3-4-7-32-23/h23H,2-21H2,1H3. The summed E-state index contributed by atoms with van der Waals surface area (Å²) in [5.41, 5.74) is 0. The summed E-state index contributed by atoms with van der Waals surface area (Å²) in [5, 5.41) is 0. The van der Waals surface area contributed by atoms with Crippen LogP contribution in [-0.4, -0.2) is 111 Å². The minimum Gasteiger partial charge on any atom is -0.463 e. The van der Waals surface area contributed by atoms with Crippen molar-refractivity contribution < 1.29 is 47.4 Å². The van der Waals surface area contributed by atoms with Crippen molar-refractivity contribution in [3.8, 4) is 0 Å².